The maximum Gasteiger partial charge on any atom is 0.0474 e. The molecule has 0 aromatic rings. The smallest absolute Gasteiger partial charge is 0.0474 e. The summed E-state index contributed by atoms with van der Waals surface area (Å²) in [4.78, 5) is 2.39. The zero-order chi connectivity index (χ0) is 10.6. The molecule has 0 radical (unpaired) electrons. The number of methoxy groups -OCH3 is 1. The lowest BCUT2D eigenvalue weighted by Crippen LogP contribution is -2.21. The van der Waals surface area contributed by atoms with Gasteiger partial charge >= 0.3 is 0 Å². The van der Waals surface area contributed by atoms with Crippen LogP contribution in [0.2, 0.25) is 0 Å². The molecular formula is C11H25NOS. The number of unbranched alkanes of at least 4 members (excludes halogenated alkanes) is 3. The van der Waals surface area contributed by atoms with Crippen molar-refractivity contribution in [1.29, 1.82) is 0 Å². The minimum absolute atomic E-state index is 0.879. The fourth-order valence-corrected chi connectivity index (χ4v) is 1.66. The number of thiol groups is 1. The molecule has 0 aromatic heterocycles. The summed E-state index contributed by atoms with van der Waals surface area (Å²) in [7, 11) is 3.95. The molecule has 2 nitrogen and oxygen atoms in total. The quantitative estimate of drug-likeness (QED) is 0.447. The summed E-state index contributed by atoms with van der Waals surface area (Å²) in [6.07, 6.45) is 6.39. The van der Waals surface area contributed by atoms with E-state index in [1.807, 2.05) is 0 Å². The van der Waals surface area contributed by atoms with Crippen LogP contribution in [0.3, 0.4) is 0 Å². The van der Waals surface area contributed by atoms with Crippen molar-refractivity contribution in [2.24, 2.45) is 0 Å². The molecule has 14 heavy (non-hydrogen) atoms. The fourth-order valence-electron chi connectivity index (χ4n) is 1.44. The van der Waals surface area contributed by atoms with Crippen molar-refractivity contribution in [2.45, 2.75) is 32.1 Å². The number of hydrogen-bond acceptors (Lipinski definition) is 3. The average Bonchev–Trinajstić information content (AvgIpc) is 2.18. The largest absolute Gasteiger partial charge is 0.385 e. The maximum atomic E-state index is 5.01. The molecular weight excluding hydrogens is 194 g/mol. The van der Waals surface area contributed by atoms with Crippen molar-refractivity contribution in [3.8, 4) is 0 Å². The molecule has 3 heteroatoms. The Morgan fingerprint density at radius 1 is 1.00 bits per heavy atom. The van der Waals surface area contributed by atoms with Crippen LogP contribution in [0.15, 0.2) is 0 Å². The van der Waals surface area contributed by atoms with Crippen molar-refractivity contribution in [3.63, 3.8) is 0 Å². The van der Waals surface area contributed by atoms with Crippen molar-refractivity contribution in [2.75, 3.05) is 39.6 Å². The normalized spacial score (nSPS) is 11.1. The van der Waals surface area contributed by atoms with Gasteiger partial charge in [-0.15, -0.1) is 0 Å². The van der Waals surface area contributed by atoms with E-state index in [2.05, 4.69) is 24.6 Å². The Balaban J connectivity index is 3.06. The van der Waals surface area contributed by atoms with E-state index in [1.54, 1.807) is 7.11 Å². The predicted molar refractivity (Wildman–Crippen MR) is 66.3 cm³/mol. The van der Waals surface area contributed by atoms with Crippen LogP contribution in [-0.2, 0) is 4.74 Å². The molecule has 0 unspecified atom stereocenters. The van der Waals surface area contributed by atoms with Crippen LogP contribution in [-0.4, -0.2) is 44.5 Å². The van der Waals surface area contributed by atoms with Crippen LogP contribution in [0.1, 0.15) is 32.1 Å². The van der Waals surface area contributed by atoms with Gasteiger partial charge in [-0.3, -0.25) is 0 Å². The van der Waals surface area contributed by atoms with Gasteiger partial charge in [-0.25, -0.2) is 0 Å². The summed E-state index contributed by atoms with van der Waals surface area (Å²) in [5.41, 5.74) is 0. The molecule has 86 valence electrons. The van der Waals surface area contributed by atoms with E-state index in [1.165, 1.54) is 32.2 Å². The Hall–Kier alpha value is 0.270. The summed E-state index contributed by atoms with van der Waals surface area (Å²) < 4.78 is 5.01. The monoisotopic (exact) mass is 219 g/mol. The molecule has 0 aliphatic carbocycles. The van der Waals surface area contributed by atoms with Crippen molar-refractivity contribution < 1.29 is 4.74 Å². The maximum absolute atomic E-state index is 5.01. The molecule has 0 rings (SSSR count). The molecule has 0 bridgehead atoms. The van der Waals surface area contributed by atoms with Crippen LogP contribution in [0, 0.1) is 0 Å². The number of rotatable bonds is 10. The second-order valence-corrected chi connectivity index (χ2v) is 4.23. The first kappa shape index (κ1) is 14.3. The third-order valence-electron chi connectivity index (χ3n) is 2.34. The van der Waals surface area contributed by atoms with Crippen LogP contribution in [0.25, 0.3) is 0 Å². The highest BCUT2D eigenvalue weighted by Gasteiger charge is 1.97. The minimum atomic E-state index is 0.879. The van der Waals surface area contributed by atoms with Crippen molar-refractivity contribution in [3.05, 3.63) is 0 Å². The second-order valence-electron chi connectivity index (χ2n) is 3.79. The third kappa shape index (κ3) is 10.4. The van der Waals surface area contributed by atoms with E-state index in [4.69, 9.17) is 4.74 Å². The van der Waals surface area contributed by atoms with Gasteiger partial charge in [0.05, 0.1) is 0 Å². The summed E-state index contributed by atoms with van der Waals surface area (Å²) in [5.74, 6) is 1.03. The van der Waals surface area contributed by atoms with Gasteiger partial charge in [-0.05, 0) is 38.6 Å². The van der Waals surface area contributed by atoms with Crippen molar-refractivity contribution in [1.82, 2.24) is 4.90 Å². The Morgan fingerprint density at radius 3 is 2.29 bits per heavy atom. The molecule has 0 amide bonds. The third-order valence-corrected chi connectivity index (χ3v) is 2.65. The number of hydrogen-bond donors (Lipinski definition) is 1. The zero-order valence-corrected chi connectivity index (χ0v) is 10.6. The van der Waals surface area contributed by atoms with Crippen LogP contribution in [0.5, 0.6) is 0 Å². The Labute approximate surface area is 94.4 Å². The molecule has 0 aliphatic rings. The highest BCUT2D eigenvalue weighted by atomic mass is 32.1. The molecule has 0 saturated heterocycles. The van der Waals surface area contributed by atoms with Gasteiger partial charge in [0.1, 0.15) is 0 Å². The highest BCUT2D eigenvalue weighted by molar-refractivity contribution is 7.80. The average molecular weight is 219 g/mol. The highest BCUT2D eigenvalue weighted by Crippen LogP contribution is 2.02. The lowest BCUT2D eigenvalue weighted by Gasteiger charge is -2.15. The van der Waals surface area contributed by atoms with Crippen molar-refractivity contribution >= 4 is 12.6 Å². The molecule has 0 atom stereocenters. The standard InChI is InChI=1S/C11H25NOS/c1-12(9-7-10-13-2)8-5-3-4-6-11-14/h14H,3-11H2,1-2H3. The molecule has 0 N–H and O–H groups in total. The predicted octanol–water partition coefficient (Wildman–Crippen LogP) is 2.44. The first-order valence-electron chi connectivity index (χ1n) is 5.59. The summed E-state index contributed by atoms with van der Waals surface area (Å²) in [6.45, 7) is 3.25. The summed E-state index contributed by atoms with van der Waals surface area (Å²) in [6, 6.07) is 0. The zero-order valence-electron chi connectivity index (χ0n) is 9.67. The van der Waals surface area contributed by atoms with E-state index in [0.717, 1.165) is 25.3 Å². The SMILES string of the molecule is COCCCN(C)CCCCCCS. The number of ether oxygens (including phenoxy) is 1. The molecule has 0 aliphatic heterocycles. The number of nitrogens with zero attached hydrogens (tertiary/aromatic N) is 1. The van der Waals surface area contributed by atoms with Gasteiger partial charge in [0.25, 0.3) is 0 Å². The molecule has 0 saturated carbocycles. The molecule has 0 aromatic carbocycles. The Kier molecular flexibility index (Phi) is 11.6. The van der Waals surface area contributed by atoms with E-state index in [0.29, 0.717) is 0 Å². The first-order chi connectivity index (χ1) is 6.81. The summed E-state index contributed by atoms with van der Waals surface area (Å²) >= 11 is 4.20. The summed E-state index contributed by atoms with van der Waals surface area (Å²) in [5, 5.41) is 0. The van der Waals surface area contributed by atoms with E-state index >= 15 is 0 Å². The molecule has 0 fully saturated rings. The topological polar surface area (TPSA) is 12.5 Å². The van der Waals surface area contributed by atoms with E-state index in [9.17, 15) is 0 Å². The lowest BCUT2D eigenvalue weighted by atomic mass is 10.2. The molecule has 0 heterocycles. The lowest BCUT2D eigenvalue weighted by molar-refractivity contribution is 0.179. The van der Waals surface area contributed by atoms with Gasteiger partial charge < -0.3 is 9.64 Å². The molecule has 0 spiro atoms. The Bertz CT molecular complexity index is 111. The second kappa shape index (κ2) is 11.3. The van der Waals surface area contributed by atoms with Crippen LogP contribution in [0.4, 0.5) is 0 Å². The van der Waals surface area contributed by atoms with Gasteiger partial charge in [0.15, 0.2) is 0 Å². The van der Waals surface area contributed by atoms with Gasteiger partial charge in [-0.1, -0.05) is 12.8 Å². The first-order valence-corrected chi connectivity index (χ1v) is 6.23. The van der Waals surface area contributed by atoms with Gasteiger partial charge in [0, 0.05) is 20.3 Å². The van der Waals surface area contributed by atoms with E-state index in [-0.39, 0.29) is 0 Å². The fraction of sp³-hybridized carbons (Fsp3) is 1.00. The van der Waals surface area contributed by atoms with Gasteiger partial charge in [0.2, 0.25) is 0 Å². The van der Waals surface area contributed by atoms with Crippen LogP contribution >= 0.6 is 12.6 Å². The van der Waals surface area contributed by atoms with E-state index < -0.39 is 0 Å². The minimum Gasteiger partial charge on any atom is -0.385 e. The Morgan fingerprint density at radius 2 is 1.64 bits per heavy atom. The van der Waals surface area contributed by atoms with Gasteiger partial charge in [-0.2, -0.15) is 12.6 Å². The van der Waals surface area contributed by atoms with Crippen LogP contribution < -0.4 is 0 Å².